The maximum absolute atomic E-state index is 12.3. The summed E-state index contributed by atoms with van der Waals surface area (Å²) < 4.78 is 6.06. The van der Waals surface area contributed by atoms with Crippen LogP contribution in [-0.4, -0.2) is 16.0 Å². The maximum Gasteiger partial charge on any atom is 0.325 e. The van der Waals surface area contributed by atoms with E-state index in [4.69, 9.17) is 4.74 Å². The molecule has 2 N–H and O–H groups in total. The molecular formula is C20H22N4O2S. The van der Waals surface area contributed by atoms with Gasteiger partial charge in [0.15, 0.2) is 5.13 Å². The van der Waals surface area contributed by atoms with E-state index in [9.17, 15) is 4.79 Å². The van der Waals surface area contributed by atoms with E-state index in [2.05, 4.69) is 41.4 Å². The molecule has 0 spiro atoms. The Balaban J connectivity index is 1.80. The summed E-state index contributed by atoms with van der Waals surface area (Å²) in [6, 6.07) is 10.9. The van der Waals surface area contributed by atoms with Gasteiger partial charge in [0.1, 0.15) is 11.4 Å². The lowest BCUT2D eigenvalue weighted by atomic mass is 9.86. The lowest BCUT2D eigenvalue weighted by Crippen LogP contribution is -2.20. The lowest BCUT2D eigenvalue weighted by Gasteiger charge is -2.22. The second-order valence-electron chi connectivity index (χ2n) is 7.08. The molecule has 1 aromatic carbocycles. The predicted molar refractivity (Wildman–Crippen MR) is 109 cm³/mol. The number of amides is 2. The molecule has 0 unspecified atom stereocenters. The van der Waals surface area contributed by atoms with Crippen molar-refractivity contribution in [3.63, 3.8) is 0 Å². The molecule has 2 aromatic heterocycles. The smallest absolute Gasteiger partial charge is 0.325 e. The first kappa shape index (κ1) is 18.8. The summed E-state index contributed by atoms with van der Waals surface area (Å²) in [4.78, 5) is 20.8. The first-order valence-electron chi connectivity index (χ1n) is 8.55. The zero-order valence-electron chi connectivity index (χ0n) is 15.7. The molecule has 0 radical (unpaired) electrons. The number of nitrogens with one attached hydrogen (secondary N) is 2. The Morgan fingerprint density at radius 3 is 2.59 bits per heavy atom. The second kappa shape index (κ2) is 7.75. The van der Waals surface area contributed by atoms with Gasteiger partial charge in [-0.05, 0) is 30.5 Å². The number of carbonyl (C=O) groups is 1. The number of hydrogen-bond acceptors (Lipinski definition) is 5. The number of pyridine rings is 1. The SMILES string of the molecule is Cc1csc(NC(=O)Nc2cccnc2Oc2ccccc2C(C)(C)C)n1. The van der Waals surface area contributed by atoms with Gasteiger partial charge in [0.2, 0.25) is 5.88 Å². The third-order valence-corrected chi connectivity index (χ3v) is 4.64. The number of hydrogen-bond donors (Lipinski definition) is 2. The van der Waals surface area contributed by atoms with Crippen LogP contribution in [0.4, 0.5) is 15.6 Å². The number of thiazole rings is 1. The third kappa shape index (κ3) is 4.83. The van der Waals surface area contributed by atoms with Gasteiger partial charge in [-0.2, -0.15) is 0 Å². The fourth-order valence-electron chi connectivity index (χ4n) is 2.51. The van der Waals surface area contributed by atoms with Crippen molar-refractivity contribution < 1.29 is 9.53 Å². The van der Waals surface area contributed by atoms with E-state index in [1.165, 1.54) is 11.3 Å². The van der Waals surface area contributed by atoms with Gasteiger partial charge in [-0.25, -0.2) is 14.8 Å². The van der Waals surface area contributed by atoms with Gasteiger partial charge in [-0.15, -0.1) is 11.3 Å². The number of urea groups is 1. The molecule has 2 heterocycles. The van der Waals surface area contributed by atoms with E-state index in [-0.39, 0.29) is 5.41 Å². The number of aromatic nitrogens is 2. The maximum atomic E-state index is 12.3. The molecule has 140 valence electrons. The molecule has 0 aliphatic carbocycles. The van der Waals surface area contributed by atoms with Gasteiger partial charge in [-0.1, -0.05) is 39.0 Å². The molecule has 0 saturated carbocycles. The van der Waals surface area contributed by atoms with E-state index in [0.717, 1.165) is 11.3 Å². The van der Waals surface area contributed by atoms with Crippen molar-refractivity contribution in [3.05, 3.63) is 59.2 Å². The van der Waals surface area contributed by atoms with Crippen LogP contribution in [0.2, 0.25) is 0 Å². The quantitative estimate of drug-likeness (QED) is 0.617. The minimum absolute atomic E-state index is 0.0843. The van der Waals surface area contributed by atoms with Gasteiger partial charge >= 0.3 is 6.03 Å². The molecule has 2 amide bonds. The van der Waals surface area contributed by atoms with Gasteiger partial charge in [0, 0.05) is 17.1 Å². The van der Waals surface area contributed by atoms with Crippen LogP contribution in [0.15, 0.2) is 48.0 Å². The molecule has 6 nitrogen and oxygen atoms in total. The number of para-hydroxylation sites is 1. The van der Waals surface area contributed by atoms with E-state index >= 15 is 0 Å². The highest BCUT2D eigenvalue weighted by molar-refractivity contribution is 7.13. The van der Waals surface area contributed by atoms with Crippen molar-refractivity contribution in [3.8, 4) is 11.6 Å². The average Bonchev–Trinajstić information content (AvgIpc) is 3.01. The van der Waals surface area contributed by atoms with Crippen LogP contribution in [-0.2, 0) is 5.41 Å². The number of ether oxygens (including phenoxy) is 1. The summed E-state index contributed by atoms with van der Waals surface area (Å²) in [5.74, 6) is 1.04. The van der Waals surface area contributed by atoms with Gasteiger partial charge in [0.05, 0.1) is 5.69 Å². The highest BCUT2D eigenvalue weighted by atomic mass is 32.1. The summed E-state index contributed by atoms with van der Waals surface area (Å²) >= 11 is 1.37. The average molecular weight is 382 g/mol. The van der Waals surface area contributed by atoms with Gasteiger partial charge in [-0.3, -0.25) is 5.32 Å². The number of nitrogens with zero attached hydrogens (tertiary/aromatic N) is 2. The predicted octanol–water partition coefficient (Wildman–Crippen LogP) is 5.58. The van der Waals surface area contributed by atoms with Crippen molar-refractivity contribution in [2.45, 2.75) is 33.1 Å². The molecule has 0 atom stereocenters. The number of carbonyl (C=O) groups excluding carboxylic acids is 1. The number of benzene rings is 1. The summed E-state index contributed by atoms with van der Waals surface area (Å²) in [6.07, 6.45) is 1.63. The minimum Gasteiger partial charge on any atom is -0.437 e. The highest BCUT2D eigenvalue weighted by Crippen LogP contribution is 2.35. The third-order valence-electron chi connectivity index (χ3n) is 3.76. The molecule has 0 saturated heterocycles. The minimum atomic E-state index is -0.397. The van der Waals surface area contributed by atoms with E-state index in [1.54, 1.807) is 18.3 Å². The van der Waals surface area contributed by atoms with Crippen molar-refractivity contribution in [2.75, 3.05) is 10.6 Å². The molecular weight excluding hydrogens is 360 g/mol. The van der Waals surface area contributed by atoms with Crippen LogP contribution in [0.5, 0.6) is 11.6 Å². The van der Waals surface area contributed by atoms with Gasteiger partial charge in [0.25, 0.3) is 0 Å². The van der Waals surface area contributed by atoms with E-state index in [0.29, 0.717) is 22.4 Å². The molecule has 3 aromatic rings. The Morgan fingerprint density at radius 1 is 1.11 bits per heavy atom. The topological polar surface area (TPSA) is 76.1 Å². The Labute approximate surface area is 162 Å². The van der Waals surface area contributed by atoms with Crippen LogP contribution in [0.25, 0.3) is 0 Å². The monoisotopic (exact) mass is 382 g/mol. The standard InChI is InChI=1S/C20H22N4O2S/c1-13-12-27-19(22-13)24-18(25)23-15-9-7-11-21-17(15)26-16-10-6-5-8-14(16)20(2,3)4/h5-12H,1-4H3,(H2,22,23,24,25). The van der Waals surface area contributed by atoms with Crippen LogP contribution >= 0.6 is 11.3 Å². The molecule has 3 rings (SSSR count). The highest BCUT2D eigenvalue weighted by Gasteiger charge is 2.20. The molecule has 27 heavy (non-hydrogen) atoms. The lowest BCUT2D eigenvalue weighted by molar-refractivity contribution is 0.262. The Morgan fingerprint density at radius 2 is 1.89 bits per heavy atom. The Kier molecular flexibility index (Phi) is 5.41. The zero-order valence-corrected chi connectivity index (χ0v) is 16.6. The second-order valence-corrected chi connectivity index (χ2v) is 7.94. The largest absolute Gasteiger partial charge is 0.437 e. The summed E-state index contributed by atoms with van der Waals surface area (Å²) in [5, 5.41) is 7.90. The van der Waals surface area contributed by atoms with Crippen molar-refractivity contribution in [1.29, 1.82) is 0 Å². The molecule has 0 fully saturated rings. The van der Waals surface area contributed by atoms with Crippen LogP contribution in [0.1, 0.15) is 32.0 Å². The molecule has 0 aliphatic rings. The van der Waals surface area contributed by atoms with E-state index in [1.807, 2.05) is 36.6 Å². The molecule has 7 heteroatoms. The van der Waals surface area contributed by atoms with Crippen molar-refractivity contribution >= 4 is 28.2 Å². The first-order chi connectivity index (χ1) is 12.8. The van der Waals surface area contributed by atoms with Crippen molar-refractivity contribution in [2.24, 2.45) is 0 Å². The van der Waals surface area contributed by atoms with E-state index < -0.39 is 6.03 Å². The Bertz CT molecular complexity index is 947. The van der Waals surface area contributed by atoms with Crippen LogP contribution in [0, 0.1) is 6.92 Å². The number of anilines is 2. The molecule has 0 aliphatic heterocycles. The summed E-state index contributed by atoms with van der Waals surface area (Å²) in [6.45, 7) is 8.24. The van der Waals surface area contributed by atoms with Crippen LogP contribution in [0.3, 0.4) is 0 Å². The normalized spacial score (nSPS) is 11.1. The summed E-state index contributed by atoms with van der Waals surface area (Å²) in [5.41, 5.74) is 2.31. The first-order valence-corrected chi connectivity index (χ1v) is 9.43. The zero-order chi connectivity index (χ0) is 19.4. The van der Waals surface area contributed by atoms with Crippen molar-refractivity contribution in [1.82, 2.24) is 9.97 Å². The molecule has 0 bridgehead atoms. The van der Waals surface area contributed by atoms with Gasteiger partial charge < -0.3 is 10.1 Å². The van der Waals surface area contributed by atoms with Crippen LogP contribution < -0.4 is 15.4 Å². The number of aryl methyl sites for hydroxylation is 1. The fraction of sp³-hybridized carbons (Fsp3) is 0.250. The number of rotatable bonds is 4. The summed E-state index contributed by atoms with van der Waals surface area (Å²) in [7, 11) is 0. The fourth-order valence-corrected chi connectivity index (χ4v) is 3.19. The Hall–Kier alpha value is -2.93.